The number of carbonyl (C=O) groups is 5. The van der Waals surface area contributed by atoms with Crippen molar-refractivity contribution in [2.45, 2.75) is 136 Å². The highest BCUT2D eigenvalue weighted by atomic mass is 32.2. The average Bonchev–Trinajstić information content (AvgIpc) is 1.49. The Hall–Kier alpha value is -8.67. The quantitative estimate of drug-likeness (QED) is 0.0128. The van der Waals surface area contributed by atoms with E-state index in [-0.39, 0.29) is 59.5 Å². The number of nitrogens with one attached hydrogen (secondary N) is 7. The Bertz CT molecular complexity index is 4400. The Balaban J connectivity index is 0.536. The SMILES string of the molecule is C[N+]1=C(/C=C/C=C2/N(CCCCCC(=O)NCC(=O)NCC(=O)NCC(=O)NCC(=O)NCCCN=C(N)Nc3ccc4[nH]c5c(c4c3)C[C@@]3(O)[C@H]4Cc6ccc(O)c7c6[C@@]3(CCN4CC3CC3)[C@H]5O7)c3ccc(S(=O)(=O)O)cc3C2(C)C)C(C)(C)c2cc(S(=O)(=O)O)ccc21. The van der Waals surface area contributed by atoms with E-state index in [0.29, 0.717) is 68.0 Å². The van der Waals surface area contributed by atoms with Gasteiger partial charge in [-0.25, -0.2) is 0 Å². The molecule has 1 aromatic heterocycles. The van der Waals surface area contributed by atoms with E-state index in [1.807, 2.05) is 81.8 Å². The van der Waals surface area contributed by atoms with E-state index in [9.17, 15) is 60.1 Å². The second-order valence-electron chi connectivity index (χ2n) is 27.3. The first-order chi connectivity index (χ1) is 45.5. The molecule has 28 heteroatoms. The lowest BCUT2D eigenvalue weighted by atomic mass is 9.49. The first-order valence-corrected chi connectivity index (χ1v) is 35.4. The second kappa shape index (κ2) is 25.7. The maximum atomic E-state index is 13.2. The van der Waals surface area contributed by atoms with E-state index in [0.717, 1.165) is 81.1 Å². The number of H-pyrrole nitrogens is 1. The highest BCUT2D eigenvalue weighted by Crippen LogP contribution is 2.69. The molecule has 3 aliphatic carbocycles. The van der Waals surface area contributed by atoms with Crippen LogP contribution in [0.25, 0.3) is 10.9 Å². The van der Waals surface area contributed by atoms with Crippen LogP contribution in [-0.2, 0) is 73.3 Å². The van der Waals surface area contributed by atoms with Gasteiger partial charge in [0, 0.05) is 102 Å². The summed E-state index contributed by atoms with van der Waals surface area (Å²) in [5, 5.41) is 40.9. The highest BCUT2D eigenvalue weighted by molar-refractivity contribution is 7.86. The van der Waals surface area contributed by atoms with E-state index >= 15 is 0 Å². The largest absolute Gasteiger partial charge is 0.504 e. The Kier molecular flexibility index (Phi) is 18.0. The van der Waals surface area contributed by atoms with E-state index in [1.165, 1.54) is 37.1 Å². The van der Waals surface area contributed by atoms with Crippen LogP contribution in [0.2, 0.25) is 0 Å². The Morgan fingerprint density at radius 1 is 0.792 bits per heavy atom. The minimum Gasteiger partial charge on any atom is -0.504 e. The number of fused-ring (bicyclic) bond motifs is 6. The van der Waals surface area contributed by atoms with Crippen molar-refractivity contribution in [3.05, 3.63) is 124 Å². The van der Waals surface area contributed by atoms with Gasteiger partial charge in [-0.3, -0.25) is 43.0 Å². The number of aliphatic imine (C=N–C) groups is 1. The van der Waals surface area contributed by atoms with Crippen LogP contribution in [0, 0.1) is 5.92 Å². The number of piperidine rings is 1. The van der Waals surface area contributed by atoms with Crippen molar-refractivity contribution in [3.8, 4) is 11.5 Å². The highest BCUT2D eigenvalue weighted by Gasteiger charge is 2.73. The molecule has 5 heterocycles. The topological polar surface area (TPSA) is 380 Å². The third-order valence-corrected chi connectivity index (χ3v) is 22.1. The summed E-state index contributed by atoms with van der Waals surface area (Å²) in [4.78, 5) is 74.9. The van der Waals surface area contributed by atoms with E-state index in [1.54, 1.807) is 18.2 Å². The number of carbonyl (C=O) groups excluding carboxylic acids is 5. The normalized spacial score (nSPS) is 22.3. The standard InChI is InChI=1S/C68H82N12O14S2/c1-65(2)46-31-42(95(88,89)90)18-21-49(46)78(5)52(65)11-9-12-53-66(3,4)47-32-43(96(91,92)93)19-22-50(47)80(53)27-8-6-7-13-55(82)72-35-57(84)74-37-59(86)75-36-58(85)73-34-56(83)70-25-10-26-71-64(69)76-41-17-20-48-44(30-41)45-33-68(87)54-29-40-16-23-51(81)62-60(40)67(68,63(94-62)61(45)77-48)24-28-79(54)38-39-14-15-39/h9,11-12,16-23,30-32,39,54,63,77,87H,6-8,10,13-15,24-29,33-38H2,1-5H3,(H10-,69,70,71,72,73,74,75,76,81,82,83,84,85,86,88,89,90,91,92,93)/p+1/t54-,63+,67+,68-/m1/s1. The monoisotopic (exact) mass is 1360 g/mol. The van der Waals surface area contributed by atoms with Gasteiger partial charge in [0.2, 0.25) is 35.2 Å². The zero-order chi connectivity index (χ0) is 68.4. The first kappa shape index (κ1) is 67.3. The molecule has 1 saturated carbocycles. The minimum absolute atomic E-state index is 0.0921. The summed E-state index contributed by atoms with van der Waals surface area (Å²) in [5.41, 5.74) is 13.4. The van der Waals surface area contributed by atoms with E-state index in [2.05, 4.69) is 51.7 Å². The van der Waals surface area contributed by atoms with Crippen LogP contribution < -0.4 is 47.3 Å². The van der Waals surface area contributed by atoms with Crippen molar-refractivity contribution in [2.24, 2.45) is 16.6 Å². The first-order valence-electron chi connectivity index (χ1n) is 32.5. The summed E-state index contributed by atoms with van der Waals surface area (Å²) in [6.07, 6.45) is 11.8. The molecule has 5 amide bonds. The predicted octanol–water partition coefficient (Wildman–Crippen LogP) is 4.27. The Morgan fingerprint density at radius 3 is 2.12 bits per heavy atom. The number of rotatable bonds is 25. The molecule has 2 fully saturated rings. The Labute approximate surface area is 556 Å². The number of aromatic nitrogens is 1. The van der Waals surface area contributed by atoms with Gasteiger partial charge in [0.05, 0.1) is 58.1 Å². The third kappa shape index (κ3) is 12.7. The number of hydrogen-bond acceptors (Lipinski definition) is 15. The van der Waals surface area contributed by atoms with Crippen molar-refractivity contribution in [1.29, 1.82) is 0 Å². The number of nitrogens with zero attached hydrogens (tertiary/aromatic N) is 4. The fourth-order valence-electron chi connectivity index (χ4n) is 15.4. The van der Waals surface area contributed by atoms with Crippen molar-refractivity contribution in [3.63, 3.8) is 0 Å². The van der Waals surface area contributed by atoms with Crippen molar-refractivity contribution < 1.29 is 69.4 Å². The van der Waals surface area contributed by atoms with E-state index < -0.39 is 91.4 Å². The number of aliphatic hydroxyl groups is 1. The molecule has 4 aromatic carbocycles. The molecule has 1 spiro atoms. The number of nitrogens with two attached hydrogens (primary N) is 1. The number of benzene rings is 4. The predicted molar refractivity (Wildman–Crippen MR) is 359 cm³/mol. The number of anilines is 2. The fourth-order valence-corrected chi connectivity index (χ4v) is 16.5. The van der Waals surface area contributed by atoms with Crippen LogP contribution in [0.4, 0.5) is 17.1 Å². The number of hydrogen-bond donors (Lipinski definition) is 12. The zero-order valence-electron chi connectivity index (χ0n) is 54.3. The molecule has 0 radical (unpaired) electrons. The molecular formula is C68H83N12O14S2+. The molecular weight excluding hydrogens is 1270 g/mol. The van der Waals surface area contributed by atoms with Crippen LogP contribution >= 0.6 is 0 Å². The molecule has 13 N–H and O–H groups in total. The Morgan fingerprint density at radius 2 is 1.45 bits per heavy atom. The summed E-state index contributed by atoms with van der Waals surface area (Å²) < 4.78 is 76.8. The number of amides is 5. The molecule has 12 rings (SSSR count). The van der Waals surface area contributed by atoms with Crippen LogP contribution in [0.15, 0.2) is 105 Å². The second-order valence-corrected chi connectivity index (χ2v) is 30.1. The van der Waals surface area contributed by atoms with Crippen LogP contribution in [0.1, 0.15) is 119 Å². The van der Waals surface area contributed by atoms with Gasteiger partial charge in [-0.2, -0.15) is 21.4 Å². The number of likely N-dealkylation sites (tertiary alicyclic amines) is 1. The number of ether oxygens (including phenoxy) is 1. The van der Waals surface area contributed by atoms with Gasteiger partial charge < -0.3 is 62.5 Å². The number of phenols is 1. The van der Waals surface area contributed by atoms with E-state index in [4.69, 9.17) is 10.5 Å². The van der Waals surface area contributed by atoms with Gasteiger partial charge in [0.1, 0.15) is 7.05 Å². The molecule has 4 aliphatic heterocycles. The third-order valence-electron chi connectivity index (χ3n) is 20.4. The number of aromatic hydroxyl groups is 1. The smallest absolute Gasteiger partial charge is 0.294 e. The summed E-state index contributed by atoms with van der Waals surface area (Å²) >= 11 is 0. The number of allylic oxidation sites excluding steroid dienone is 4. The lowest BCUT2D eigenvalue weighted by molar-refractivity contribution is -0.401. The lowest BCUT2D eigenvalue weighted by Crippen LogP contribution is -2.74. The van der Waals surface area contributed by atoms with Gasteiger partial charge in [0.15, 0.2) is 29.3 Å². The van der Waals surface area contributed by atoms with Gasteiger partial charge >= 0.3 is 0 Å². The molecule has 5 aromatic rings. The maximum Gasteiger partial charge on any atom is 0.294 e. The molecule has 510 valence electrons. The number of phenolic OH excluding ortho intramolecular Hbond substituents is 1. The molecule has 7 aliphatic rings. The summed E-state index contributed by atoms with van der Waals surface area (Å²) in [6, 6.07) is 18.4. The average molecular weight is 1360 g/mol. The molecule has 4 atom stereocenters. The molecule has 96 heavy (non-hydrogen) atoms. The van der Waals surface area contributed by atoms with Crippen molar-refractivity contribution in [2.75, 3.05) is 76.2 Å². The minimum atomic E-state index is -4.51. The summed E-state index contributed by atoms with van der Waals surface area (Å²) in [7, 11) is -7.07. The lowest BCUT2D eigenvalue weighted by Gasteiger charge is -2.62. The van der Waals surface area contributed by atoms with Gasteiger partial charge in [0.25, 0.3) is 20.2 Å². The molecule has 26 nitrogen and oxygen atoms in total. The van der Waals surface area contributed by atoms with Crippen molar-refractivity contribution in [1.82, 2.24) is 36.5 Å². The van der Waals surface area contributed by atoms with Crippen LogP contribution in [0.5, 0.6) is 11.5 Å². The molecule has 2 bridgehead atoms. The van der Waals surface area contributed by atoms with Crippen LogP contribution in [0.3, 0.4) is 0 Å². The van der Waals surface area contributed by atoms with Gasteiger partial charge in [-0.1, -0.05) is 32.4 Å². The molecule has 1 saturated heterocycles. The van der Waals surface area contributed by atoms with Gasteiger partial charge in [-0.15, -0.1) is 0 Å². The number of unbranched alkanes of at least 4 members (excludes halogenated alkanes) is 2. The summed E-state index contributed by atoms with van der Waals surface area (Å²) in [5.74, 6) is -1.38. The number of aromatic amines is 1. The summed E-state index contributed by atoms with van der Waals surface area (Å²) in [6.45, 7) is 8.98. The van der Waals surface area contributed by atoms with Crippen LogP contribution in [-0.4, -0.2) is 169 Å². The van der Waals surface area contributed by atoms with Gasteiger partial charge in [-0.05, 0) is 149 Å². The van der Waals surface area contributed by atoms with Crippen molar-refractivity contribution >= 4 is 89.4 Å². The number of guanidine groups is 1. The zero-order valence-corrected chi connectivity index (χ0v) is 55.9. The molecule has 0 unspecified atom stereocenters. The maximum absolute atomic E-state index is 13.2. The fraction of sp³-hybridized carbons (Fsp3) is 0.456.